The number of aromatic nitrogens is 1. The van der Waals surface area contributed by atoms with Crippen LogP contribution in [0.5, 0.6) is 5.88 Å². The van der Waals surface area contributed by atoms with Gasteiger partial charge in [0.25, 0.3) is 0 Å². The first-order valence-electron chi connectivity index (χ1n) is 4.31. The topological polar surface area (TPSA) is 68.7 Å². The van der Waals surface area contributed by atoms with Crippen molar-refractivity contribution in [2.24, 2.45) is 0 Å². The standard InChI is InChI=1S/C9H8ClNO4/c10-7-2-1-6(9(12)13)8(11-7)15-5-3-14-4-5/h1-2,5H,3-4H2,(H,12,13). The first-order valence-corrected chi connectivity index (χ1v) is 4.69. The van der Waals surface area contributed by atoms with Crippen LogP contribution in [0.3, 0.4) is 0 Å². The Morgan fingerprint density at radius 3 is 2.87 bits per heavy atom. The Morgan fingerprint density at radius 1 is 1.60 bits per heavy atom. The molecule has 1 fully saturated rings. The molecule has 0 aromatic carbocycles. The second-order valence-electron chi connectivity index (χ2n) is 3.07. The Kier molecular flexibility index (Phi) is 2.75. The van der Waals surface area contributed by atoms with Gasteiger partial charge in [-0.1, -0.05) is 11.6 Å². The average molecular weight is 230 g/mol. The van der Waals surface area contributed by atoms with Gasteiger partial charge in [0.15, 0.2) is 0 Å². The highest BCUT2D eigenvalue weighted by Crippen LogP contribution is 2.21. The van der Waals surface area contributed by atoms with E-state index in [2.05, 4.69) is 4.98 Å². The van der Waals surface area contributed by atoms with Gasteiger partial charge in [0, 0.05) is 0 Å². The summed E-state index contributed by atoms with van der Waals surface area (Å²) in [4.78, 5) is 14.6. The number of carboxylic acids is 1. The summed E-state index contributed by atoms with van der Waals surface area (Å²) >= 11 is 5.65. The van der Waals surface area contributed by atoms with Crippen LogP contribution in [0.2, 0.25) is 5.15 Å². The Balaban J connectivity index is 2.24. The van der Waals surface area contributed by atoms with E-state index < -0.39 is 5.97 Å². The average Bonchev–Trinajstić information content (AvgIpc) is 2.11. The molecule has 0 amide bonds. The van der Waals surface area contributed by atoms with Crippen LogP contribution in [0.15, 0.2) is 12.1 Å². The molecular weight excluding hydrogens is 222 g/mol. The Morgan fingerprint density at radius 2 is 2.33 bits per heavy atom. The summed E-state index contributed by atoms with van der Waals surface area (Å²) in [7, 11) is 0. The molecule has 0 atom stereocenters. The summed E-state index contributed by atoms with van der Waals surface area (Å²) in [6, 6.07) is 2.78. The molecule has 0 saturated carbocycles. The van der Waals surface area contributed by atoms with Gasteiger partial charge in [0.05, 0.1) is 13.2 Å². The van der Waals surface area contributed by atoms with E-state index >= 15 is 0 Å². The number of pyridine rings is 1. The largest absolute Gasteiger partial charge is 0.477 e. The van der Waals surface area contributed by atoms with Crippen molar-refractivity contribution in [3.05, 3.63) is 22.8 Å². The van der Waals surface area contributed by atoms with Crippen molar-refractivity contribution in [2.45, 2.75) is 6.10 Å². The zero-order valence-electron chi connectivity index (χ0n) is 7.64. The molecule has 0 aliphatic carbocycles. The van der Waals surface area contributed by atoms with Crippen LogP contribution in [-0.2, 0) is 4.74 Å². The summed E-state index contributed by atoms with van der Waals surface area (Å²) in [5.74, 6) is -1.04. The van der Waals surface area contributed by atoms with Crippen LogP contribution in [0.25, 0.3) is 0 Å². The van der Waals surface area contributed by atoms with E-state index in [9.17, 15) is 4.79 Å². The number of rotatable bonds is 3. The maximum Gasteiger partial charge on any atom is 0.341 e. The first kappa shape index (κ1) is 10.2. The van der Waals surface area contributed by atoms with E-state index in [1.54, 1.807) is 0 Å². The number of carboxylic acid groups (broad SMARTS) is 1. The maximum absolute atomic E-state index is 10.8. The minimum Gasteiger partial charge on any atom is -0.477 e. The van der Waals surface area contributed by atoms with Gasteiger partial charge in [-0.15, -0.1) is 0 Å². The predicted octanol–water partition coefficient (Wildman–Crippen LogP) is 1.21. The molecule has 2 rings (SSSR count). The molecule has 2 heterocycles. The van der Waals surface area contributed by atoms with E-state index in [1.165, 1.54) is 12.1 Å². The normalized spacial score (nSPS) is 15.8. The van der Waals surface area contributed by atoms with Gasteiger partial charge >= 0.3 is 5.97 Å². The molecular formula is C9H8ClNO4. The van der Waals surface area contributed by atoms with E-state index in [4.69, 9.17) is 26.2 Å². The van der Waals surface area contributed by atoms with Gasteiger partial charge in [-0.3, -0.25) is 0 Å². The summed E-state index contributed by atoms with van der Waals surface area (Å²) in [6.07, 6.45) is -0.130. The third-order valence-electron chi connectivity index (χ3n) is 1.94. The number of carbonyl (C=O) groups is 1. The maximum atomic E-state index is 10.8. The second-order valence-corrected chi connectivity index (χ2v) is 3.46. The third-order valence-corrected chi connectivity index (χ3v) is 2.15. The molecule has 1 saturated heterocycles. The number of aromatic carboxylic acids is 1. The number of nitrogens with zero attached hydrogens (tertiary/aromatic N) is 1. The van der Waals surface area contributed by atoms with Crippen molar-refractivity contribution >= 4 is 17.6 Å². The highest BCUT2D eigenvalue weighted by atomic mass is 35.5. The molecule has 0 spiro atoms. The summed E-state index contributed by atoms with van der Waals surface area (Å²) in [5.41, 5.74) is 0.00583. The van der Waals surface area contributed by atoms with E-state index in [0.717, 1.165) is 0 Å². The molecule has 0 unspecified atom stereocenters. The fraction of sp³-hybridized carbons (Fsp3) is 0.333. The number of hydrogen-bond acceptors (Lipinski definition) is 4. The fourth-order valence-corrected chi connectivity index (χ4v) is 1.25. The minimum absolute atomic E-state index is 0.00583. The molecule has 6 heteroatoms. The first-order chi connectivity index (χ1) is 7.16. The quantitative estimate of drug-likeness (QED) is 0.789. The predicted molar refractivity (Wildman–Crippen MR) is 51.4 cm³/mol. The Bertz CT molecular complexity index is 392. The van der Waals surface area contributed by atoms with Gasteiger partial charge in [0.2, 0.25) is 5.88 Å². The highest BCUT2D eigenvalue weighted by molar-refractivity contribution is 6.29. The molecule has 1 aliphatic rings. The van der Waals surface area contributed by atoms with Crippen LogP contribution < -0.4 is 4.74 Å². The molecule has 1 N–H and O–H groups in total. The smallest absolute Gasteiger partial charge is 0.341 e. The van der Waals surface area contributed by atoms with Crippen molar-refractivity contribution in [1.82, 2.24) is 4.98 Å². The Labute approximate surface area is 90.6 Å². The summed E-state index contributed by atoms with van der Waals surface area (Å²) < 4.78 is 10.2. The van der Waals surface area contributed by atoms with Gasteiger partial charge < -0.3 is 14.6 Å². The molecule has 5 nitrogen and oxygen atoms in total. The molecule has 80 valence electrons. The van der Waals surface area contributed by atoms with Gasteiger partial charge in [-0.2, -0.15) is 0 Å². The SMILES string of the molecule is O=C(O)c1ccc(Cl)nc1OC1COC1. The van der Waals surface area contributed by atoms with E-state index in [1.807, 2.05) is 0 Å². The Hall–Kier alpha value is -1.33. The van der Waals surface area contributed by atoms with Crippen molar-refractivity contribution in [3.63, 3.8) is 0 Å². The lowest BCUT2D eigenvalue weighted by Gasteiger charge is -2.26. The third kappa shape index (κ3) is 2.19. The molecule has 1 aromatic rings. The van der Waals surface area contributed by atoms with Crippen molar-refractivity contribution in [1.29, 1.82) is 0 Å². The number of halogens is 1. The lowest BCUT2D eigenvalue weighted by molar-refractivity contribution is -0.0816. The van der Waals surface area contributed by atoms with Crippen LogP contribution in [-0.4, -0.2) is 35.4 Å². The van der Waals surface area contributed by atoms with Gasteiger partial charge in [-0.25, -0.2) is 9.78 Å². The zero-order valence-corrected chi connectivity index (χ0v) is 8.40. The highest BCUT2D eigenvalue weighted by Gasteiger charge is 2.23. The fourth-order valence-electron chi connectivity index (χ4n) is 1.11. The molecule has 1 aliphatic heterocycles. The van der Waals surface area contributed by atoms with Crippen molar-refractivity contribution < 1.29 is 19.4 Å². The number of hydrogen-bond donors (Lipinski definition) is 1. The lowest BCUT2D eigenvalue weighted by Crippen LogP contribution is -2.39. The monoisotopic (exact) mass is 229 g/mol. The van der Waals surface area contributed by atoms with Crippen LogP contribution >= 0.6 is 11.6 Å². The van der Waals surface area contributed by atoms with Crippen molar-refractivity contribution in [2.75, 3.05) is 13.2 Å². The molecule has 0 radical (unpaired) electrons. The van der Waals surface area contributed by atoms with Gasteiger partial charge in [-0.05, 0) is 12.1 Å². The molecule has 0 bridgehead atoms. The summed E-state index contributed by atoms with van der Waals surface area (Å²) in [5, 5.41) is 9.07. The molecule has 15 heavy (non-hydrogen) atoms. The van der Waals surface area contributed by atoms with Crippen LogP contribution in [0.1, 0.15) is 10.4 Å². The van der Waals surface area contributed by atoms with E-state index in [0.29, 0.717) is 13.2 Å². The zero-order chi connectivity index (χ0) is 10.8. The summed E-state index contributed by atoms with van der Waals surface area (Å²) in [6.45, 7) is 0.903. The van der Waals surface area contributed by atoms with Crippen LogP contribution in [0.4, 0.5) is 0 Å². The second kappa shape index (κ2) is 4.04. The van der Waals surface area contributed by atoms with Gasteiger partial charge in [0.1, 0.15) is 16.8 Å². The lowest BCUT2D eigenvalue weighted by atomic mass is 10.2. The van der Waals surface area contributed by atoms with Crippen LogP contribution in [0, 0.1) is 0 Å². The van der Waals surface area contributed by atoms with Crippen molar-refractivity contribution in [3.8, 4) is 5.88 Å². The minimum atomic E-state index is -1.09. The van der Waals surface area contributed by atoms with E-state index in [-0.39, 0.29) is 22.7 Å². The number of ether oxygens (including phenoxy) is 2. The molecule has 1 aromatic heterocycles.